The van der Waals surface area contributed by atoms with Gasteiger partial charge in [0.2, 0.25) is 0 Å². The number of imide groups is 5. The predicted molar refractivity (Wildman–Crippen MR) is 305 cm³/mol. The molecule has 0 bridgehead atoms. The summed E-state index contributed by atoms with van der Waals surface area (Å²) >= 11 is 0. The zero-order chi connectivity index (χ0) is 63.3. The van der Waals surface area contributed by atoms with E-state index in [9.17, 15) is 81.5 Å². The maximum atomic E-state index is 11.5. The summed E-state index contributed by atoms with van der Waals surface area (Å²) in [4.78, 5) is 213. The molecule has 2 unspecified atom stereocenters. The summed E-state index contributed by atoms with van der Waals surface area (Å²) in [6, 6.07) is 0. The number of methoxy groups -OCH3 is 4. The number of ether oxygens (including phenoxy) is 6. The molecule has 5 heterocycles. The molecule has 0 aromatic heterocycles. The Kier molecular flexibility index (Phi) is 50.1. The van der Waals surface area contributed by atoms with E-state index in [0.717, 1.165) is 6.42 Å². The monoisotopic (exact) mass is 1280 g/mol. The van der Waals surface area contributed by atoms with E-state index in [1.54, 1.807) is 6.92 Å². The van der Waals surface area contributed by atoms with Crippen LogP contribution in [0.2, 0.25) is 0 Å². The second-order valence-corrected chi connectivity index (χ2v) is 18.0. The molecule has 510 valence electrons. The Morgan fingerprint density at radius 2 is 0.652 bits per heavy atom. The number of hydroxylamine groups is 10. The Balaban J connectivity index is -0.000000328. The molecule has 0 saturated carbocycles. The van der Waals surface area contributed by atoms with Crippen LogP contribution < -0.4 is 0 Å². The van der Waals surface area contributed by atoms with Gasteiger partial charge in [0.25, 0.3) is 59.1 Å². The van der Waals surface area contributed by atoms with Crippen molar-refractivity contribution in [3.63, 3.8) is 0 Å². The highest BCUT2D eigenvalue weighted by Crippen LogP contribution is 2.18. The van der Waals surface area contributed by atoms with Crippen LogP contribution >= 0.6 is 0 Å². The van der Waals surface area contributed by atoms with E-state index < -0.39 is 113 Å². The zero-order valence-electron chi connectivity index (χ0n) is 48.0. The van der Waals surface area contributed by atoms with Crippen molar-refractivity contribution in [2.24, 2.45) is 5.92 Å². The van der Waals surface area contributed by atoms with Gasteiger partial charge < -0.3 is 52.6 Å². The van der Waals surface area contributed by atoms with E-state index in [1.807, 2.05) is 6.92 Å². The number of esters is 2. The van der Waals surface area contributed by atoms with Gasteiger partial charge >= 0.3 is 41.8 Å². The third-order valence-corrected chi connectivity index (χ3v) is 11.0. The fourth-order valence-corrected chi connectivity index (χ4v) is 6.40. The van der Waals surface area contributed by atoms with Crippen LogP contribution in [0.3, 0.4) is 0 Å². The van der Waals surface area contributed by atoms with Gasteiger partial charge in [-0.1, -0.05) is 57.4 Å². The van der Waals surface area contributed by atoms with Crippen LogP contribution in [0.5, 0.6) is 0 Å². The van der Waals surface area contributed by atoms with Crippen molar-refractivity contribution in [3.05, 3.63) is 0 Å². The highest BCUT2D eigenvalue weighted by atomic mass is 16.7. The second-order valence-electron chi connectivity index (χ2n) is 18.0. The van der Waals surface area contributed by atoms with Gasteiger partial charge in [-0.25, -0.2) is 24.0 Å². The summed E-state index contributed by atoms with van der Waals surface area (Å²) in [5.41, 5.74) is 0. The molecule has 5 aliphatic heterocycles. The molecule has 5 aliphatic rings. The van der Waals surface area contributed by atoms with Crippen molar-refractivity contribution in [3.8, 4) is 0 Å². The summed E-state index contributed by atoms with van der Waals surface area (Å²) in [5.74, 6) is -9.58. The third kappa shape index (κ3) is 36.0. The molecular formula is C56H93N5O28. The van der Waals surface area contributed by atoms with Gasteiger partial charge in [-0.05, 0) is 26.2 Å². The number of rotatable bonds is 28. The molecule has 0 N–H and O–H groups in total. The largest absolute Gasteiger partial charge is 0.465 e. The van der Waals surface area contributed by atoms with Crippen LogP contribution in [0.4, 0.5) is 0 Å². The summed E-state index contributed by atoms with van der Waals surface area (Å²) in [7, 11) is 5.97. The number of unbranched alkanes of at least 4 members (excludes halogenated alkanes) is 1. The fourth-order valence-electron chi connectivity index (χ4n) is 6.40. The van der Waals surface area contributed by atoms with Crippen molar-refractivity contribution in [1.82, 2.24) is 25.3 Å². The minimum Gasteiger partial charge on any atom is -0.465 e. The van der Waals surface area contributed by atoms with Crippen LogP contribution in [-0.2, 0) is 134 Å². The van der Waals surface area contributed by atoms with Crippen LogP contribution in [-0.4, -0.2) is 194 Å². The van der Waals surface area contributed by atoms with Gasteiger partial charge in [0, 0.05) is 112 Å². The predicted octanol–water partition coefficient (Wildman–Crippen LogP) is 3.77. The highest BCUT2D eigenvalue weighted by molar-refractivity contribution is 6.04. The molecule has 0 spiro atoms. The van der Waals surface area contributed by atoms with E-state index in [1.165, 1.54) is 35.4 Å². The molecule has 5 saturated heterocycles. The number of nitrogens with zero attached hydrogens (tertiary/aromatic N) is 5. The van der Waals surface area contributed by atoms with Gasteiger partial charge in [-0.3, -0.25) is 57.5 Å². The van der Waals surface area contributed by atoms with E-state index >= 15 is 0 Å². The summed E-state index contributed by atoms with van der Waals surface area (Å²) < 4.78 is 28.6. The van der Waals surface area contributed by atoms with E-state index in [0.29, 0.717) is 57.8 Å². The number of carbonyl (C=O) groups excluding carboxylic acids is 17. The molecule has 5 fully saturated rings. The number of amides is 10. The molecule has 10 amide bonds. The lowest BCUT2D eigenvalue weighted by Gasteiger charge is -2.15. The Morgan fingerprint density at radius 1 is 0.360 bits per heavy atom. The fraction of sp³-hybridized carbons (Fsp3) is 0.696. The Bertz CT molecular complexity index is 2280. The summed E-state index contributed by atoms with van der Waals surface area (Å²) in [6.07, 6.45) is 2.82. The van der Waals surface area contributed by atoms with E-state index in [-0.39, 0.29) is 160 Å². The molecule has 33 nitrogen and oxygen atoms in total. The van der Waals surface area contributed by atoms with Crippen molar-refractivity contribution < 1.29 is 134 Å². The maximum absolute atomic E-state index is 11.5. The van der Waals surface area contributed by atoms with Gasteiger partial charge in [0.15, 0.2) is 0 Å². The Hall–Kier alpha value is -8.17. The maximum Gasteiger partial charge on any atom is 0.336 e. The number of hydrogen-bond acceptors (Lipinski definition) is 28. The first-order valence-electron chi connectivity index (χ1n) is 26.5. The van der Waals surface area contributed by atoms with Gasteiger partial charge in [0.1, 0.15) is 12.7 Å². The minimum absolute atomic E-state index is 0. The molecular weight excluding hydrogens is 1190 g/mol. The minimum atomic E-state index is -0.805. The lowest BCUT2D eigenvalue weighted by molar-refractivity contribution is -0.200. The summed E-state index contributed by atoms with van der Waals surface area (Å²) in [5, 5.41) is 2.61. The van der Waals surface area contributed by atoms with Gasteiger partial charge in [-0.15, -0.1) is 25.3 Å². The Morgan fingerprint density at radius 3 is 0.989 bits per heavy atom. The number of carbonyl (C=O) groups is 17. The normalized spacial score (nSPS) is 15.2. The summed E-state index contributed by atoms with van der Waals surface area (Å²) in [6.45, 7) is 6.28. The van der Waals surface area contributed by atoms with Crippen LogP contribution in [0.15, 0.2) is 0 Å². The lowest BCUT2D eigenvalue weighted by atomic mass is 10.1. The highest BCUT2D eigenvalue weighted by Gasteiger charge is 2.37. The first-order chi connectivity index (χ1) is 39.8. The van der Waals surface area contributed by atoms with Crippen molar-refractivity contribution in [2.75, 3.05) is 61.5 Å². The first-order valence-corrected chi connectivity index (χ1v) is 26.5. The van der Waals surface area contributed by atoms with Crippen molar-refractivity contribution >= 4 is 101 Å². The molecule has 33 heteroatoms. The van der Waals surface area contributed by atoms with Crippen LogP contribution in [0, 0.1) is 5.92 Å². The lowest BCUT2D eigenvalue weighted by Crippen LogP contribution is -2.34. The molecule has 2 atom stereocenters. The van der Waals surface area contributed by atoms with E-state index in [2.05, 4.69) is 24.1 Å². The van der Waals surface area contributed by atoms with Crippen LogP contribution in [0.25, 0.3) is 0 Å². The molecule has 0 aliphatic carbocycles. The van der Waals surface area contributed by atoms with Crippen molar-refractivity contribution in [1.29, 1.82) is 0 Å². The Labute approximate surface area is 518 Å². The average molecular weight is 1280 g/mol. The number of hydrogen-bond donors (Lipinski definition) is 0. The molecule has 89 heavy (non-hydrogen) atoms. The smallest absolute Gasteiger partial charge is 0.336 e. The molecule has 0 aromatic carbocycles. The second kappa shape index (κ2) is 49.8. The molecule has 0 aromatic rings. The quantitative estimate of drug-likeness (QED) is 0.0611. The van der Waals surface area contributed by atoms with Gasteiger partial charge in [0.05, 0.1) is 51.2 Å². The zero-order valence-corrected chi connectivity index (χ0v) is 48.0. The van der Waals surface area contributed by atoms with Crippen LogP contribution in [0.1, 0.15) is 186 Å². The molecule has 0 radical (unpaired) electrons. The SMILES string of the molecule is C.C.C.C.C.CCCCC(=O)ON1C(=O)CCC1=O.COCCC(=O)OC(C)CC(=O)ON1C(=O)CCC1=O.COCCC(=O)OCCC(=O)ON1C(=O)CCC1=O.COCCC(C)C(=O)ON1C(=O)CCC1=O.COCCCC(=O)ON1C(=O)CCC1=O. The first kappa shape index (κ1) is 89.6. The standard InChI is InChI=1S/C12H17NO7.C11H15NO7.C10H15NO5.C9H13NO5.C9H13NO4.5CH4/c1-8(19-11(16)5-6-18-2)7-12(17)20-13-9(14)3-4-10(13)15;1-17-6-4-10(15)18-7-5-11(16)19-12-8(13)2-3-9(12)14;1-7(5-6-15-2)10(14)16-11-8(12)3-4-9(11)13;1-14-6-2-3-9(13)15-10-7(11)4-5-8(10)12;1-2-3-4-9(13)14-10-7(11)5-6-8(10)12;;;;;/h8H,3-7H2,1-2H3;2-7H2,1H3;7H,3-6H2,1-2H3;2-6H2,1H3;2-6H2,1H3;5*1H4. The van der Waals surface area contributed by atoms with Gasteiger partial charge in [-0.2, -0.15) is 0 Å². The third-order valence-electron chi connectivity index (χ3n) is 11.0. The average Bonchev–Trinajstić information content (AvgIpc) is 3.60. The topological polar surface area (TPSA) is 408 Å². The van der Waals surface area contributed by atoms with E-state index in [4.69, 9.17) is 28.5 Å². The molecule has 5 rings (SSSR count). The van der Waals surface area contributed by atoms with Crippen molar-refractivity contribution in [2.45, 2.75) is 192 Å².